The summed E-state index contributed by atoms with van der Waals surface area (Å²) in [7, 11) is -3.51. The maximum atomic E-state index is 12.7. The zero-order chi connectivity index (χ0) is 20.1. The normalized spacial score (nSPS) is 15.4. The van der Waals surface area contributed by atoms with Crippen molar-refractivity contribution in [3.05, 3.63) is 65.2 Å². The van der Waals surface area contributed by atoms with E-state index in [1.54, 1.807) is 29.2 Å². The third kappa shape index (κ3) is 4.91. The maximum Gasteiger partial charge on any atom is 0.317 e. The molecule has 2 amide bonds. The molecular formula is C21H27N3O3S. The number of carbonyl (C=O) groups is 1. The van der Waals surface area contributed by atoms with E-state index in [1.165, 1.54) is 15.4 Å². The van der Waals surface area contributed by atoms with E-state index in [1.807, 2.05) is 13.8 Å². The van der Waals surface area contributed by atoms with Crippen molar-refractivity contribution in [3.63, 3.8) is 0 Å². The summed E-state index contributed by atoms with van der Waals surface area (Å²) < 4.78 is 26.9. The molecule has 1 aliphatic rings. The number of hydrogen-bond donors (Lipinski definition) is 1. The Labute approximate surface area is 167 Å². The number of nitrogens with one attached hydrogen (secondary N) is 1. The number of nitrogens with zero attached hydrogens (tertiary/aromatic N) is 2. The second kappa shape index (κ2) is 8.75. The molecule has 1 heterocycles. The van der Waals surface area contributed by atoms with Crippen LogP contribution < -0.4 is 5.32 Å². The van der Waals surface area contributed by atoms with Crippen LogP contribution in [-0.4, -0.2) is 56.4 Å². The molecule has 1 saturated heterocycles. The largest absolute Gasteiger partial charge is 0.338 e. The first-order valence-corrected chi connectivity index (χ1v) is 11.0. The fourth-order valence-corrected chi connectivity index (χ4v) is 4.59. The van der Waals surface area contributed by atoms with Crippen LogP contribution in [0.3, 0.4) is 0 Å². The summed E-state index contributed by atoms with van der Waals surface area (Å²) in [4.78, 5) is 14.3. The molecule has 0 radical (unpaired) electrons. The lowest BCUT2D eigenvalue weighted by molar-refractivity contribution is 0.172. The third-order valence-electron chi connectivity index (χ3n) is 5.00. The molecule has 0 bridgehead atoms. The number of carbonyl (C=O) groups excluding carboxylic acids is 1. The fraction of sp³-hybridized carbons (Fsp3) is 0.381. The van der Waals surface area contributed by atoms with Crippen molar-refractivity contribution in [1.29, 1.82) is 0 Å². The Kier molecular flexibility index (Phi) is 6.36. The van der Waals surface area contributed by atoms with Crippen LogP contribution in [0.25, 0.3) is 0 Å². The van der Waals surface area contributed by atoms with Gasteiger partial charge in [0.25, 0.3) is 0 Å². The van der Waals surface area contributed by atoms with Crippen molar-refractivity contribution in [2.24, 2.45) is 0 Å². The summed E-state index contributed by atoms with van der Waals surface area (Å²) in [6.45, 7) is 5.92. The number of amides is 2. The average Bonchev–Trinajstić information content (AvgIpc) is 2.70. The second-order valence-corrected chi connectivity index (χ2v) is 9.11. The molecule has 7 heteroatoms. The molecule has 1 aliphatic heterocycles. The number of hydrogen-bond acceptors (Lipinski definition) is 3. The number of piperazine rings is 1. The Balaban J connectivity index is 1.48. The minimum absolute atomic E-state index is 0.139. The van der Waals surface area contributed by atoms with Crippen LogP contribution in [0.4, 0.5) is 4.79 Å². The molecule has 1 fully saturated rings. The smallest absolute Gasteiger partial charge is 0.317 e. The highest BCUT2D eigenvalue weighted by atomic mass is 32.2. The lowest BCUT2D eigenvalue weighted by atomic mass is 10.1. The van der Waals surface area contributed by atoms with Gasteiger partial charge in [-0.1, -0.05) is 47.5 Å². The first kappa shape index (κ1) is 20.4. The highest BCUT2D eigenvalue weighted by molar-refractivity contribution is 7.89. The van der Waals surface area contributed by atoms with Crippen molar-refractivity contribution in [2.45, 2.75) is 25.2 Å². The minimum Gasteiger partial charge on any atom is -0.338 e. The number of rotatable bonds is 5. The minimum atomic E-state index is -3.51. The van der Waals surface area contributed by atoms with Gasteiger partial charge in [-0.2, -0.15) is 4.31 Å². The number of aryl methyl sites for hydroxylation is 2. The summed E-state index contributed by atoms with van der Waals surface area (Å²) in [6.07, 6.45) is 0.772. The van der Waals surface area contributed by atoms with Gasteiger partial charge in [0.2, 0.25) is 10.0 Å². The van der Waals surface area contributed by atoms with Crippen molar-refractivity contribution >= 4 is 16.1 Å². The standard InChI is InChI=1S/C21H27N3O3S/c1-17-3-7-19(8-4-17)11-12-22-21(25)23-13-15-24(16-14-23)28(26,27)20-9-5-18(2)6-10-20/h3-10H,11-16H2,1-2H3,(H,22,25). The van der Waals surface area contributed by atoms with Gasteiger partial charge < -0.3 is 10.2 Å². The molecule has 6 nitrogen and oxygen atoms in total. The van der Waals surface area contributed by atoms with Gasteiger partial charge in [0.05, 0.1) is 4.90 Å². The highest BCUT2D eigenvalue weighted by Gasteiger charge is 2.29. The van der Waals surface area contributed by atoms with Crippen molar-refractivity contribution in [1.82, 2.24) is 14.5 Å². The molecule has 0 atom stereocenters. The highest BCUT2D eigenvalue weighted by Crippen LogP contribution is 2.18. The van der Waals surface area contributed by atoms with Crippen LogP contribution >= 0.6 is 0 Å². The van der Waals surface area contributed by atoms with Gasteiger partial charge in [0, 0.05) is 32.7 Å². The molecule has 150 valence electrons. The Hall–Kier alpha value is -2.38. The Morgan fingerprint density at radius 3 is 2.00 bits per heavy atom. The molecular weight excluding hydrogens is 374 g/mol. The van der Waals surface area contributed by atoms with Crippen molar-refractivity contribution in [2.75, 3.05) is 32.7 Å². The van der Waals surface area contributed by atoms with Crippen LogP contribution in [0, 0.1) is 13.8 Å². The lowest BCUT2D eigenvalue weighted by Gasteiger charge is -2.34. The van der Waals surface area contributed by atoms with E-state index in [2.05, 4.69) is 29.6 Å². The second-order valence-electron chi connectivity index (χ2n) is 7.17. The van der Waals surface area contributed by atoms with Crippen LogP contribution in [0.15, 0.2) is 53.4 Å². The van der Waals surface area contributed by atoms with Crippen molar-refractivity contribution < 1.29 is 13.2 Å². The van der Waals surface area contributed by atoms with Crippen LogP contribution in [-0.2, 0) is 16.4 Å². The molecule has 0 aromatic heterocycles. The summed E-state index contributed by atoms with van der Waals surface area (Å²) >= 11 is 0. The molecule has 0 unspecified atom stereocenters. The summed E-state index contributed by atoms with van der Waals surface area (Å²) in [5.41, 5.74) is 3.41. The molecule has 0 saturated carbocycles. The molecule has 3 rings (SSSR count). The van der Waals surface area contributed by atoms with Gasteiger partial charge >= 0.3 is 6.03 Å². The van der Waals surface area contributed by atoms with E-state index in [0.717, 1.165) is 12.0 Å². The molecule has 2 aromatic rings. The molecule has 28 heavy (non-hydrogen) atoms. The van der Waals surface area contributed by atoms with E-state index < -0.39 is 10.0 Å². The van der Waals surface area contributed by atoms with E-state index in [9.17, 15) is 13.2 Å². The number of benzene rings is 2. The van der Waals surface area contributed by atoms with E-state index in [4.69, 9.17) is 0 Å². The van der Waals surface area contributed by atoms with Gasteiger partial charge in [0.15, 0.2) is 0 Å². The predicted molar refractivity (Wildman–Crippen MR) is 110 cm³/mol. The predicted octanol–water partition coefficient (Wildman–Crippen LogP) is 2.56. The zero-order valence-electron chi connectivity index (χ0n) is 16.4. The quantitative estimate of drug-likeness (QED) is 0.837. The van der Waals surface area contributed by atoms with Gasteiger partial charge in [-0.25, -0.2) is 13.2 Å². The Morgan fingerprint density at radius 2 is 1.43 bits per heavy atom. The van der Waals surface area contributed by atoms with Crippen molar-refractivity contribution in [3.8, 4) is 0 Å². The number of urea groups is 1. The summed E-state index contributed by atoms with van der Waals surface area (Å²) in [5, 5.41) is 2.93. The van der Waals surface area contributed by atoms with Crippen LogP contribution in [0.5, 0.6) is 0 Å². The van der Waals surface area contributed by atoms with Crippen LogP contribution in [0.2, 0.25) is 0 Å². The SMILES string of the molecule is Cc1ccc(CCNC(=O)N2CCN(S(=O)(=O)c3ccc(C)cc3)CC2)cc1. The molecule has 0 aliphatic carbocycles. The lowest BCUT2D eigenvalue weighted by Crippen LogP contribution is -2.53. The van der Waals surface area contributed by atoms with E-state index in [-0.39, 0.29) is 6.03 Å². The Morgan fingerprint density at radius 1 is 0.893 bits per heavy atom. The van der Waals surface area contributed by atoms with Gasteiger partial charge in [-0.15, -0.1) is 0 Å². The average molecular weight is 402 g/mol. The fourth-order valence-electron chi connectivity index (χ4n) is 3.17. The monoisotopic (exact) mass is 401 g/mol. The maximum absolute atomic E-state index is 12.7. The van der Waals surface area contributed by atoms with Crippen LogP contribution in [0.1, 0.15) is 16.7 Å². The van der Waals surface area contributed by atoms with Gasteiger partial charge in [-0.05, 0) is 38.0 Å². The molecule has 2 aromatic carbocycles. The molecule has 1 N–H and O–H groups in total. The Bertz CT molecular complexity index is 901. The van der Waals surface area contributed by atoms with E-state index >= 15 is 0 Å². The summed E-state index contributed by atoms with van der Waals surface area (Å²) in [6, 6.07) is 15.0. The van der Waals surface area contributed by atoms with Gasteiger partial charge in [0.1, 0.15) is 0 Å². The first-order valence-electron chi connectivity index (χ1n) is 9.51. The zero-order valence-corrected chi connectivity index (χ0v) is 17.2. The summed E-state index contributed by atoms with van der Waals surface area (Å²) in [5.74, 6) is 0. The van der Waals surface area contributed by atoms with Gasteiger partial charge in [-0.3, -0.25) is 0 Å². The van der Waals surface area contributed by atoms with E-state index in [0.29, 0.717) is 37.6 Å². The third-order valence-corrected chi connectivity index (χ3v) is 6.91. The number of sulfonamides is 1. The first-order chi connectivity index (χ1) is 13.4. The molecule has 0 spiro atoms. The topological polar surface area (TPSA) is 69.7 Å².